The predicted molar refractivity (Wildman–Crippen MR) is 71.5 cm³/mol. The second kappa shape index (κ2) is 6.45. The topological polar surface area (TPSA) is 82.3 Å². The van der Waals surface area contributed by atoms with Crippen molar-refractivity contribution in [3.05, 3.63) is 29.3 Å². The van der Waals surface area contributed by atoms with Gasteiger partial charge in [0.1, 0.15) is 11.6 Å². The number of aromatic hydroxyl groups is 1. The van der Waals surface area contributed by atoms with Crippen molar-refractivity contribution in [2.24, 2.45) is 0 Å². The van der Waals surface area contributed by atoms with E-state index < -0.39 is 5.91 Å². The number of nitrogens with one attached hydrogen (secondary N) is 1. The van der Waals surface area contributed by atoms with E-state index in [-0.39, 0.29) is 23.1 Å². The Labute approximate surface area is 112 Å². The summed E-state index contributed by atoms with van der Waals surface area (Å²) in [5.74, 6) is -0.135. The smallest absolute Gasteiger partial charge is 0.262 e. The number of methoxy groups -OCH3 is 1. The molecule has 5 heteroatoms. The Morgan fingerprint density at radius 2 is 2.21 bits per heavy atom. The molecule has 19 heavy (non-hydrogen) atoms. The van der Waals surface area contributed by atoms with E-state index in [0.29, 0.717) is 5.56 Å². The Kier molecular flexibility index (Phi) is 4.95. The molecule has 1 amide bonds. The summed E-state index contributed by atoms with van der Waals surface area (Å²) >= 11 is 0. The van der Waals surface area contributed by atoms with Crippen LogP contribution in [-0.2, 0) is 4.79 Å². The van der Waals surface area contributed by atoms with Gasteiger partial charge in [-0.2, -0.15) is 5.26 Å². The molecule has 100 valence electrons. The Morgan fingerprint density at radius 3 is 2.74 bits per heavy atom. The second-order valence-electron chi connectivity index (χ2n) is 4.23. The number of hydrogen-bond acceptors (Lipinski definition) is 4. The maximum atomic E-state index is 11.7. The van der Waals surface area contributed by atoms with Crippen molar-refractivity contribution in [3.63, 3.8) is 0 Å². The van der Waals surface area contributed by atoms with Crippen molar-refractivity contribution >= 4 is 12.0 Å². The maximum Gasteiger partial charge on any atom is 0.262 e. The molecule has 1 aromatic rings. The van der Waals surface area contributed by atoms with Gasteiger partial charge in [0.15, 0.2) is 11.5 Å². The van der Waals surface area contributed by atoms with Crippen molar-refractivity contribution in [2.45, 2.75) is 19.9 Å². The van der Waals surface area contributed by atoms with Crippen LogP contribution in [0.1, 0.15) is 19.4 Å². The first kappa shape index (κ1) is 14.6. The highest BCUT2D eigenvalue weighted by Gasteiger charge is 2.10. The molecule has 1 aromatic carbocycles. The number of nitrogens with zero attached hydrogens (tertiary/aromatic N) is 1. The summed E-state index contributed by atoms with van der Waals surface area (Å²) in [6.07, 6.45) is 1.44. The predicted octanol–water partition coefficient (Wildman–Crippen LogP) is 1.83. The Morgan fingerprint density at radius 1 is 1.53 bits per heavy atom. The summed E-state index contributed by atoms with van der Waals surface area (Å²) in [6.45, 7) is 3.63. The molecule has 2 N–H and O–H groups in total. The Bertz CT molecular complexity index is 542. The zero-order valence-electron chi connectivity index (χ0n) is 11.1. The normalized spacial score (nSPS) is 11.0. The lowest BCUT2D eigenvalue weighted by Gasteiger charge is -2.07. The van der Waals surface area contributed by atoms with Gasteiger partial charge < -0.3 is 15.2 Å². The van der Waals surface area contributed by atoms with Crippen LogP contribution < -0.4 is 10.1 Å². The van der Waals surface area contributed by atoms with Crippen molar-refractivity contribution in [3.8, 4) is 17.6 Å². The van der Waals surface area contributed by atoms with E-state index in [1.54, 1.807) is 12.1 Å². The Balaban J connectivity index is 3.05. The maximum absolute atomic E-state index is 11.7. The van der Waals surface area contributed by atoms with E-state index in [4.69, 9.17) is 10.00 Å². The average Bonchev–Trinajstić information content (AvgIpc) is 2.36. The number of ether oxygens (including phenoxy) is 1. The lowest BCUT2D eigenvalue weighted by Crippen LogP contribution is -2.30. The molecule has 0 saturated carbocycles. The van der Waals surface area contributed by atoms with Crippen molar-refractivity contribution < 1.29 is 14.6 Å². The monoisotopic (exact) mass is 260 g/mol. The minimum absolute atomic E-state index is 0.00134. The highest BCUT2D eigenvalue weighted by molar-refractivity contribution is 6.01. The minimum Gasteiger partial charge on any atom is -0.504 e. The van der Waals surface area contributed by atoms with Gasteiger partial charge in [-0.3, -0.25) is 4.79 Å². The van der Waals surface area contributed by atoms with Crippen molar-refractivity contribution in [1.29, 1.82) is 5.26 Å². The largest absolute Gasteiger partial charge is 0.504 e. The van der Waals surface area contributed by atoms with Crippen molar-refractivity contribution in [1.82, 2.24) is 5.32 Å². The third-order valence-electron chi connectivity index (χ3n) is 2.30. The number of phenolic OH excluding ortho intramolecular Hbond substituents is 1. The van der Waals surface area contributed by atoms with E-state index in [1.807, 2.05) is 19.9 Å². The molecule has 0 spiro atoms. The number of carbonyl (C=O) groups is 1. The number of hydrogen-bond donors (Lipinski definition) is 2. The standard InChI is InChI=1S/C14H16N2O3/c1-9(2)16-14(18)11(8-15)6-10-4-5-12(17)13(7-10)19-3/h4-7,9,17H,1-3H3,(H,16,18)/b11-6+. The van der Waals surface area contributed by atoms with Crippen LogP contribution >= 0.6 is 0 Å². The highest BCUT2D eigenvalue weighted by atomic mass is 16.5. The fraction of sp³-hybridized carbons (Fsp3) is 0.286. The molecular formula is C14H16N2O3. The molecular weight excluding hydrogens is 244 g/mol. The molecule has 0 radical (unpaired) electrons. The molecule has 0 heterocycles. The van der Waals surface area contributed by atoms with Crippen LogP contribution in [0.15, 0.2) is 23.8 Å². The lowest BCUT2D eigenvalue weighted by atomic mass is 10.1. The number of carbonyl (C=O) groups excluding carboxylic acids is 1. The molecule has 0 aromatic heterocycles. The summed E-state index contributed by atoms with van der Waals surface area (Å²) in [7, 11) is 1.43. The summed E-state index contributed by atoms with van der Waals surface area (Å²) < 4.78 is 4.96. The first-order valence-electron chi connectivity index (χ1n) is 5.77. The third-order valence-corrected chi connectivity index (χ3v) is 2.30. The van der Waals surface area contributed by atoms with Crippen LogP contribution in [0.5, 0.6) is 11.5 Å². The number of benzene rings is 1. The molecule has 0 saturated heterocycles. The zero-order valence-corrected chi connectivity index (χ0v) is 11.1. The van der Waals surface area contributed by atoms with Crippen molar-refractivity contribution in [2.75, 3.05) is 7.11 Å². The number of amides is 1. The van der Waals surface area contributed by atoms with Gasteiger partial charge in [0, 0.05) is 6.04 Å². The number of phenols is 1. The molecule has 0 atom stereocenters. The summed E-state index contributed by atoms with van der Waals surface area (Å²) in [5, 5.41) is 21.1. The van der Waals surface area contributed by atoms with Crippen LogP contribution in [0.2, 0.25) is 0 Å². The van der Waals surface area contributed by atoms with Crippen LogP contribution in [0, 0.1) is 11.3 Å². The van der Waals surface area contributed by atoms with Gasteiger partial charge in [-0.1, -0.05) is 6.07 Å². The quantitative estimate of drug-likeness (QED) is 0.639. The zero-order chi connectivity index (χ0) is 14.4. The molecule has 0 aliphatic heterocycles. The van der Waals surface area contributed by atoms with Gasteiger partial charge in [0.25, 0.3) is 5.91 Å². The first-order valence-corrected chi connectivity index (χ1v) is 5.77. The van der Waals surface area contributed by atoms with Gasteiger partial charge in [0.05, 0.1) is 7.11 Å². The minimum atomic E-state index is -0.426. The van der Waals surface area contributed by atoms with Gasteiger partial charge in [-0.05, 0) is 37.6 Å². The molecule has 0 aliphatic carbocycles. The summed E-state index contributed by atoms with van der Waals surface area (Å²) in [5.41, 5.74) is 0.603. The van der Waals surface area contributed by atoms with Gasteiger partial charge in [-0.15, -0.1) is 0 Å². The SMILES string of the molecule is COc1cc(/C=C(\C#N)C(=O)NC(C)C)ccc1O. The molecule has 0 aliphatic rings. The van der Waals surface area contributed by atoms with Crippen LogP contribution in [0.25, 0.3) is 6.08 Å². The fourth-order valence-corrected chi connectivity index (χ4v) is 1.44. The highest BCUT2D eigenvalue weighted by Crippen LogP contribution is 2.27. The summed E-state index contributed by atoms with van der Waals surface area (Å²) in [4.78, 5) is 11.7. The van der Waals surface area contributed by atoms with Crippen LogP contribution in [0.3, 0.4) is 0 Å². The van der Waals surface area contributed by atoms with E-state index in [2.05, 4.69) is 5.32 Å². The van der Waals surface area contributed by atoms with Crippen LogP contribution in [-0.4, -0.2) is 24.2 Å². The van der Waals surface area contributed by atoms with Gasteiger partial charge in [-0.25, -0.2) is 0 Å². The molecule has 0 fully saturated rings. The van der Waals surface area contributed by atoms with E-state index in [9.17, 15) is 9.90 Å². The molecule has 0 bridgehead atoms. The van der Waals surface area contributed by atoms with E-state index in [1.165, 1.54) is 19.3 Å². The van der Waals surface area contributed by atoms with E-state index >= 15 is 0 Å². The fourth-order valence-electron chi connectivity index (χ4n) is 1.44. The second-order valence-corrected chi connectivity index (χ2v) is 4.23. The number of nitriles is 1. The Hall–Kier alpha value is -2.48. The van der Waals surface area contributed by atoms with E-state index in [0.717, 1.165) is 0 Å². The average molecular weight is 260 g/mol. The summed E-state index contributed by atoms with van der Waals surface area (Å²) in [6, 6.07) is 6.40. The molecule has 5 nitrogen and oxygen atoms in total. The van der Waals surface area contributed by atoms with Crippen LogP contribution in [0.4, 0.5) is 0 Å². The lowest BCUT2D eigenvalue weighted by molar-refractivity contribution is -0.117. The molecule has 0 unspecified atom stereocenters. The number of rotatable bonds is 4. The van der Waals surface area contributed by atoms with Gasteiger partial charge >= 0.3 is 0 Å². The van der Waals surface area contributed by atoms with Gasteiger partial charge in [0.2, 0.25) is 0 Å². The first-order chi connectivity index (χ1) is 8.97. The molecule has 1 rings (SSSR count). The third kappa shape index (κ3) is 4.03.